The number of alkyl halides is 3. The first kappa shape index (κ1) is 106. The standard InChI is InChI=1S/C16H23F3N2.C16H24N2O.C15H24N2O2S.C14H23N3O.C14H22N2O.C13H23N3.C13H20N2O/c1-15(2,3)13-4-6-20-14(9-13)8-12-5-7-21(10-12)11-16(17,18)19;1-12(19)18-8-6-13(11-18)9-15-10-14(5-7-17-15)16(2,3)4;1-15(2,3)13-5-7-16-14(10-13)9-12-6-8-17(11-12)20(4,18)19;1-10-12(14(2,3)4)15-9-16-13(10)17-11-5-7-18-8-6-11;1-14(2,3)11-4-9-16-13(10-11)17-12-5-7-15-8-6-12;1-13(2,3)11-6-7-15-12(10-11)16(5)9-8-14-4;1-13(2,3)12-7-11(14-9-15-12)6-10-4-5-16-8-10/h4,6,9,12H,5,7-8,10-11H2,1-3H3;5,7,10,13H,6,8-9,11H2,1-4H3;5,7,10,12H,6,8-9,11H2,1-4H3;9,11H,5-8H2,1-4H3,(H,15,16,17);4,9-10,12,15H,5-8H2,1-3H3;6-7,10,14H,8-9H2,1-5H3;7,9-10H,4-6,8H2,1-3H3. The second kappa shape index (κ2) is 47.9. The number of ether oxygens (including phenoxy) is 3. The summed E-state index contributed by atoms with van der Waals surface area (Å²) < 4.78 is 78.5. The van der Waals surface area contributed by atoms with Crippen molar-refractivity contribution in [2.75, 3.05) is 129 Å². The fourth-order valence-electron chi connectivity index (χ4n) is 15.9. The van der Waals surface area contributed by atoms with E-state index in [4.69, 9.17) is 14.2 Å². The van der Waals surface area contributed by atoms with Crippen molar-refractivity contribution in [1.29, 1.82) is 0 Å². The van der Waals surface area contributed by atoms with Crippen LogP contribution in [0.3, 0.4) is 0 Å². The Morgan fingerprint density at radius 3 is 1.46 bits per heavy atom. The summed E-state index contributed by atoms with van der Waals surface area (Å²) in [5.41, 5.74) is 15.0. The number of pyridine rings is 5. The molecule has 1 amide bonds. The number of nitrogens with one attached hydrogen (secondary N) is 3. The van der Waals surface area contributed by atoms with Gasteiger partial charge in [-0.15, -0.1) is 0 Å². The van der Waals surface area contributed by atoms with Crippen molar-refractivity contribution in [3.8, 4) is 5.88 Å². The van der Waals surface area contributed by atoms with E-state index in [0.717, 1.165) is 200 Å². The van der Waals surface area contributed by atoms with Crippen LogP contribution in [-0.2, 0) is 87.9 Å². The summed E-state index contributed by atoms with van der Waals surface area (Å²) in [5, 5.41) is 10.0. The van der Waals surface area contributed by atoms with Crippen LogP contribution in [0.15, 0.2) is 110 Å². The van der Waals surface area contributed by atoms with Crippen molar-refractivity contribution in [3.63, 3.8) is 0 Å². The summed E-state index contributed by atoms with van der Waals surface area (Å²) in [4.78, 5) is 56.5. The highest BCUT2D eigenvalue weighted by Crippen LogP contribution is 2.34. The summed E-state index contributed by atoms with van der Waals surface area (Å²) in [5.74, 6) is 4.84. The number of hydrogen-bond donors (Lipinski definition) is 3. The van der Waals surface area contributed by atoms with Gasteiger partial charge in [-0.3, -0.25) is 24.6 Å². The van der Waals surface area contributed by atoms with Gasteiger partial charge in [-0.1, -0.05) is 145 Å². The number of hydrogen-bond acceptors (Lipinski definition) is 20. The van der Waals surface area contributed by atoms with Crippen LogP contribution in [0.2, 0.25) is 0 Å². The molecule has 706 valence electrons. The Morgan fingerprint density at radius 2 is 0.984 bits per heavy atom. The van der Waals surface area contributed by atoms with E-state index in [1.54, 1.807) is 30.1 Å². The second-order valence-corrected chi connectivity index (χ2v) is 44.8. The molecule has 22 nitrogen and oxygen atoms in total. The Balaban J connectivity index is 0.000000204. The Bertz CT molecular complexity index is 4580. The van der Waals surface area contributed by atoms with Crippen LogP contribution >= 0.6 is 0 Å². The minimum atomic E-state index is -4.10. The average molecular weight is 1780 g/mol. The number of carbonyl (C=O) groups is 1. The minimum absolute atomic E-state index is 0.0547. The van der Waals surface area contributed by atoms with E-state index >= 15 is 0 Å². The van der Waals surface area contributed by atoms with Crippen molar-refractivity contribution < 1.29 is 40.6 Å². The lowest BCUT2D eigenvalue weighted by Gasteiger charge is -2.26. The molecule has 6 saturated heterocycles. The molecular formula is C101H159F3N16O6S. The van der Waals surface area contributed by atoms with Crippen LogP contribution in [0.4, 0.5) is 24.8 Å². The van der Waals surface area contributed by atoms with Gasteiger partial charge in [-0.2, -0.15) is 13.2 Å². The lowest BCUT2D eigenvalue weighted by molar-refractivity contribution is -0.143. The summed E-state index contributed by atoms with van der Waals surface area (Å²) in [6.45, 7) is 60.6. The van der Waals surface area contributed by atoms with E-state index in [-0.39, 0.29) is 49.7 Å². The molecule has 13 heterocycles. The third-order valence-electron chi connectivity index (χ3n) is 24.0. The van der Waals surface area contributed by atoms with E-state index < -0.39 is 22.7 Å². The number of halogens is 3. The summed E-state index contributed by atoms with van der Waals surface area (Å²) >= 11 is 0. The normalized spacial score (nSPS) is 18.9. The highest BCUT2D eigenvalue weighted by Gasteiger charge is 2.36. The first-order valence-corrected chi connectivity index (χ1v) is 48.1. The van der Waals surface area contributed by atoms with Gasteiger partial charge in [0.15, 0.2) is 0 Å². The average Bonchev–Trinajstić information content (AvgIpc) is 0.953. The Labute approximate surface area is 762 Å². The maximum absolute atomic E-state index is 12.4. The zero-order valence-electron chi connectivity index (χ0n) is 82.3. The zero-order chi connectivity index (χ0) is 93.9. The molecule has 0 radical (unpaired) electrons. The zero-order valence-corrected chi connectivity index (χ0v) is 83.1. The lowest BCUT2D eigenvalue weighted by Crippen LogP contribution is -2.34. The van der Waals surface area contributed by atoms with E-state index in [0.29, 0.717) is 56.1 Å². The minimum Gasteiger partial charge on any atom is -0.474 e. The Morgan fingerprint density at radius 1 is 0.520 bits per heavy atom. The lowest BCUT2D eigenvalue weighted by atomic mass is 9.86. The molecule has 7 aromatic heterocycles. The van der Waals surface area contributed by atoms with Gasteiger partial charge in [0.2, 0.25) is 21.8 Å². The van der Waals surface area contributed by atoms with Crippen molar-refractivity contribution in [2.45, 2.75) is 293 Å². The van der Waals surface area contributed by atoms with Gasteiger partial charge in [0.05, 0.1) is 18.5 Å². The van der Waals surface area contributed by atoms with E-state index in [9.17, 15) is 26.4 Å². The van der Waals surface area contributed by atoms with Crippen LogP contribution in [0.25, 0.3) is 0 Å². The van der Waals surface area contributed by atoms with Gasteiger partial charge >= 0.3 is 6.18 Å². The molecule has 0 aliphatic carbocycles. The number of aromatic nitrogens is 9. The molecule has 4 atom stereocenters. The van der Waals surface area contributed by atoms with Crippen molar-refractivity contribution in [3.05, 3.63) is 178 Å². The fourth-order valence-corrected chi connectivity index (χ4v) is 16.9. The molecule has 0 spiro atoms. The summed E-state index contributed by atoms with van der Waals surface area (Å²) in [6, 6.07) is 23.6. The third kappa shape index (κ3) is 38.0. The molecule has 4 unspecified atom stereocenters. The number of sulfonamides is 1. The molecule has 6 fully saturated rings. The number of amides is 1. The number of likely N-dealkylation sites (tertiary alicyclic amines) is 2. The third-order valence-corrected chi connectivity index (χ3v) is 25.3. The molecule has 0 saturated carbocycles. The highest BCUT2D eigenvalue weighted by atomic mass is 32.2. The first-order chi connectivity index (χ1) is 59.2. The number of rotatable bonds is 18. The van der Waals surface area contributed by atoms with Gasteiger partial charge in [0, 0.05) is 174 Å². The number of likely N-dealkylation sites (N-methyl/N-ethyl adjacent to an activating group) is 2. The quantitative estimate of drug-likeness (QED) is 0.0723. The van der Waals surface area contributed by atoms with Crippen molar-refractivity contribution >= 4 is 27.6 Å². The van der Waals surface area contributed by atoms with Gasteiger partial charge < -0.3 is 40.0 Å². The van der Waals surface area contributed by atoms with Crippen LogP contribution in [-0.4, -0.2) is 210 Å². The van der Waals surface area contributed by atoms with Crippen molar-refractivity contribution in [2.24, 2.45) is 23.7 Å². The van der Waals surface area contributed by atoms with Crippen LogP contribution in [0.1, 0.15) is 271 Å². The number of piperidine rings is 1. The number of nitrogens with zero attached hydrogens (tertiary/aromatic N) is 13. The molecule has 0 bridgehead atoms. The first-order valence-electron chi connectivity index (χ1n) is 46.3. The van der Waals surface area contributed by atoms with Gasteiger partial charge in [0.25, 0.3) is 0 Å². The monoisotopic (exact) mass is 1780 g/mol. The molecule has 3 N–H and O–H groups in total. The molecule has 6 aliphatic heterocycles. The molecule has 26 heteroatoms. The molecule has 7 aromatic rings. The van der Waals surface area contributed by atoms with E-state index in [2.05, 4.69) is 286 Å². The second-order valence-electron chi connectivity index (χ2n) is 42.8. The fraction of sp³-hybridized carbons (Fsp3) is 0.663. The molecular weight excluding hydrogens is 1620 g/mol. The topological polar surface area (TPSA) is 244 Å². The number of anilines is 2. The molecule has 0 aromatic carbocycles. The Hall–Kier alpha value is -7.72. The Kier molecular flexibility index (Phi) is 40.1. The predicted octanol–water partition coefficient (Wildman–Crippen LogP) is 18.4. The van der Waals surface area contributed by atoms with Crippen molar-refractivity contribution in [1.82, 2.24) is 69.6 Å². The van der Waals surface area contributed by atoms with Gasteiger partial charge in [-0.05, 0) is 250 Å². The summed E-state index contributed by atoms with van der Waals surface area (Å²) in [7, 11) is 0.994. The highest BCUT2D eigenvalue weighted by molar-refractivity contribution is 7.88. The van der Waals surface area contributed by atoms with E-state index in [1.165, 1.54) is 39.0 Å². The van der Waals surface area contributed by atoms with E-state index in [1.807, 2.05) is 42.8 Å². The largest absolute Gasteiger partial charge is 0.474 e. The van der Waals surface area contributed by atoms with Crippen LogP contribution < -0.4 is 25.6 Å². The van der Waals surface area contributed by atoms with Gasteiger partial charge in [-0.25, -0.2) is 42.6 Å². The molecule has 127 heavy (non-hydrogen) atoms. The smallest absolute Gasteiger partial charge is 0.401 e. The maximum Gasteiger partial charge on any atom is 0.401 e. The molecule has 6 aliphatic rings. The van der Waals surface area contributed by atoms with Gasteiger partial charge in [0.1, 0.15) is 30.4 Å². The van der Waals surface area contributed by atoms with Crippen LogP contribution in [0.5, 0.6) is 5.88 Å². The van der Waals surface area contributed by atoms with Crippen LogP contribution in [0, 0.1) is 30.6 Å². The SMILES string of the molecule is CC(=O)N1CCC(Cc2cc(C(C)(C)C)ccn2)C1.CC(C)(C)c1cc(CC2CCOC2)ncn1.CC(C)(C)c1ccnc(CC2CCN(CC(F)(F)F)C2)c1.CC(C)(C)c1ccnc(CC2CCN(S(C)(=O)=O)C2)c1.CC(C)(C)c1ccnc(OC2CCNCC2)c1.CNCCN(C)c1cc(C(C)(C)C)ccn1.Cc1c(NC2CCOCC2)ncnc1C(C)(C)C. The summed E-state index contributed by atoms with van der Waals surface area (Å²) in [6.07, 6.45) is 22.0. The molecule has 13 rings (SSSR count). The maximum atomic E-state index is 12.4. The number of carbonyl (C=O) groups excluding carboxylic acids is 1. The predicted molar refractivity (Wildman–Crippen MR) is 511 cm³/mol.